The SMILES string of the molecule is COC(=O)C12C[C@@H](CN1Cc1ccc(OC)cc1)N(S(C)(=O)=O)C2. The normalized spacial score (nSPS) is 27.4. The van der Waals surface area contributed by atoms with Crippen LogP contribution < -0.4 is 4.74 Å². The van der Waals surface area contributed by atoms with E-state index in [1.165, 1.54) is 17.7 Å². The Bertz CT molecular complexity index is 733. The summed E-state index contributed by atoms with van der Waals surface area (Å²) in [4.78, 5) is 14.5. The third kappa shape index (κ3) is 2.78. The summed E-state index contributed by atoms with van der Waals surface area (Å²) in [5.41, 5.74) is 0.139. The monoisotopic (exact) mass is 354 g/mol. The van der Waals surface area contributed by atoms with E-state index in [2.05, 4.69) is 0 Å². The second-order valence-corrected chi connectivity index (χ2v) is 8.35. The molecule has 1 unspecified atom stereocenters. The van der Waals surface area contributed by atoms with Crippen LogP contribution in [0.25, 0.3) is 0 Å². The van der Waals surface area contributed by atoms with Crippen LogP contribution in [0.1, 0.15) is 12.0 Å². The molecule has 3 rings (SSSR count). The number of hydrogen-bond donors (Lipinski definition) is 0. The first-order valence-corrected chi connectivity index (χ1v) is 9.58. The number of esters is 1. The van der Waals surface area contributed by atoms with Crippen molar-refractivity contribution in [2.75, 3.05) is 33.6 Å². The molecule has 2 atom stereocenters. The number of nitrogens with zero attached hydrogens (tertiary/aromatic N) is 2. The summed E-state index contributed by atoms with van der Waals surface area (Å²) in [6, 6.07) is 7.46. The van der Waals surface area contributed by atoms with E-state index in [9.17, 15) is 13.2 Å². The van der Waals surface area contributed by atoms with E-state index in [-0.39, 0.29) is 18.6 Å². The molecule has 132 valence electrons. The molecule has 0 aromatic heterocycles. The van der Waals surface area contributed by atoms with Crippen molar-refractivity contribution in [3.63, 3.8) is 0 Å². The molecule has 0 radical (unpaired) electrons. The van der Waals surface area contributed by atoms with E-state index in [0.717, 1.165) is 11.3 Å². The highest BCUT2D eigenvalue weighted by Crippen LogP contribution is 2.42. The van der Waals surface area contributed by atoms with Crippen LogP contribution in [0, 0.1) is 0 Å². The van der Waals surface area contributed by atoms with Gasteiger partial charge in [-0.25, -0.2) is 13.2 Å². The molecule has 0 N–H and O–H groups in total. The molecule has 24 heavy (non-hydrogen) atoms. The number of sulfonamides is 1. The highest BCUT2D eigenvalue weighted by Gasteiger charge is 2.61. The molecule has 2 bridgehead atoms. The van der Waals surface area contributed by atoms with E-state index >= 15 is 0 Å². The lowest BCUT2D eigenvalue weighted by Gasteiger charge is -2.39. The van der Waals surface area contributed by atoms with Gasteiger partial charge in [-0.2, -0.15) is 4.31 Å². The molecule has 2 aliphatic rings. The number of methoxy groups -OCH3 is 2. The first kappa shape index (κ1) is 17.2. The maximum Gasteiger partial charge on any atom is 0.327 e. The summed E-state index contributed by atoms with van der Waals surface area (Å²) >= 11 is 0. The first-order valence-electron chi connectivity index (χ1n) is 7.73. The van der Waals surface area contributed by atoms with Crippen LogP contribution in [0.2, 0.25) is 0 Å². The van der Waals surface area contributed by atoms with Gasteiger partial charge in [-0.3, -0.25) is 4.90 Å². The van der Waals surface area contributed by atoms with E-state index in [4.69, 9.17) is 9.47 Å². The third-order valence-electron chi connectivity index (χ3n) is 4.96. The predicted octanol–water partition coefficient (Wildman–Crippen LogP) is 0.457. The Morgan fingerprint density at radius 3 is 2.50 bits per heavy atom. The summed E-state index contributed by atoms with van der Waals surface area (Å²) in [7, 11) is -0.378. The van der Waals surface area contributed by atoms with Crippen LogP contribution >= 0.6 is 0 Å². The number of carbonyl (C=O) groups excluding carboxylic acids is 1. The Morgan fingerprint density at radius 2 is 1.96 bits per heavy atom. The second-order valence-electron chi connectivity index (χ2n) is 6.42. The van der Waals surface area contributed by atoms with Crippen LogP contribution in [-0.4, -0.2) is 68.7 Å². The molecular weight excluding hydrogens is 332 g/mol. The second kappa shape index (κ2) is 6.02. The zero-order valence-electron chi connectivity index (χ0n) is 14.1. The van der Waals surface area contributed by atoms with E-state index in [1.807, 2.05) is 29.2 Å². The zero-order chi connectivity index (χ0) is 17.5. The zero-order valence-corrected chi connectivity index (χ0v) is 14.9. The van der Waals surface area contributed by atoms with Gasteiger partial charge >= 0.3 is 5.97 Å². The number of carbonyl (C=O) groups is 1. The first-order chi connectivity index (χ1) is 11.3. The van der Waals surface area contributed by atoms with Gasteiger partial charge in [0.15, 0.2) is 0 Å². The fourth-order valence-electron chi connectivity index (χ4n) is 3.78. The van der Waals surface area contributed by atoms with Crippen LogP contribution in [0.15, 0.2) is 24.3 Å². The molecule has 1 aromatic carbocycles. The topological polar surface area (TPSA) is 76.2 Å². The Balaban J connectivity index is 1.85. The number of ether oxygens (including phenoxy) is 2. The Labute approximate surface area is 142 Å². The van der Waals surface area contributed by atoms with E-state index in [0.29, 0.717) is 19.5 Å². The minimum atomic E-state index is -3.34. The molecule has 8 heteroatoms. The minimum Gasteiger partial charge on any atom is -0.497 e. The van der Waals surface area contributed by atoms with Gasteiger partial charge in [-0.1, -0.05) is 12.1 Å². The molecule has 0 spiro atoms. The van der Waals surface area contributed by atoms with Crippen LogP contribution in [-0.2, 0) is 26.1 Å². The lowest BCUT2D eigenvalue weighted by atomic mass is 9.98. The Morgan fingerprint density at radius 1 is 1.29 bits per heavy atom. The molecule has 2 heterocycles. The van der Waals surface area contributed by atoms with Crippen molar-refractivity contribution in [3.8, 4) is 5.75 Å². The number of likely N-dealkylation sites (tertiary alicyclic amines) is 1. The van der Waals surface area contributed by atoms with Crippen molar-refractivity contribution in [1.29, 1.82) is 0 Å². The van der Waals surface area contributed by atoms with Gasteiger partial charge in [0.1, 0.15) is 11.3 Å². The molecule has 2 fully saturated rings. The molecule has 2 saturated heterocycles. The largest absolute Gasteiger partial charge is 0.497 e. The highest BCUT2D eigenvalue weighted by molar-refractivity contribution is 7.88. The number of piperazine rings is 1. The molecule has 0 saturated carbocycles. The smallest absolute Gasteiger partial charge is 0.327 e. The van der Waals surface area contributed by atoms with Gasteiger partial charge < -0.3 is 9.47 Å². The average Bonchev–Trinajstić information content (AvgIpc) is 3.11. The standard InChI is InChI=1S/C16H22N2O5S/c1-22-14-6-4-12(5-7-14)9-17-10-13-8-16(17,15(19)23-2)11-18(13)24(3,20)21/h4-7,13H,8-11H2,1-3H3/t13-,16?/m0/s1. The van der Waals surface area contributed by atoms with E-state index < -0.39 is 15.6 Å². The van der Waals surface area contributed by atoms with Crippen molar-refractivity contribution >= 4 is 16.0 Å². The van der Waals surface area contributed by atoms with Gasteiger partial charge in [0.25, 0.3) is 0 Å². The lowest BCUT2D eigenvalue weighted by molar-refractivity contribution is -0.154. The van der Waals surface area contributed by atoms with Crippen molar-refractivity contribution in [1.82, 2.24) is 9.21 Å². The Kier molecular flexibility index (Phi) is 4.31. The van der Waals surface area contributed by atoms with Crippen molar-refractivity contribution in [3.05, 3.63) is 29.8 Å². The van der Waals surface area contributed by atoms with Gasteiger partial charge in [0.05, 0.1) is 20.5 Å². The maximum atomic E-state index is 12.5. The third-order valence-corrected chi connectivity index (χ3v) is 6.24. The average molecular weight is 354 g/mol. The number of rotatable bonds is 5. The van der Waals surface area contributed by atoms with Gasteiger partial charge in [-0.05, 0) is 24.1 Å². The van der Waals surface area contributed by atoms with Crippen molar-refractivity contribution in [2.24, 2.45) is 0 Å². The van der Waals surface area contributed by atoms with Crippen LogP contribution in [0.4, 0.5) is 0 Å². The number of fused-ring (bicyclic) bond motifs is 2. The van der Waals surface area contributed by atoms with Gasteiger partial charge in [-0.15, -0.1) is 0 Å². The summed E-state index contributed by atoms with van der Waals surface area (Å²) in [6.07, 6.45) is 1.66. The van der Waals surface area contributed by atoms with Crippen LogP contribution in [0.5, 0.6) is 5.75 Å². The molecule has 0 aliphatic carbocycles. The molecule has 0 amide bonds. The molecule has 1 aromatic rings. The molecule has 2 aliphatic heterocycles. The Hall–Kier alpha value is -1.64. The number of hydrogen-bond acceptors (Lipinski definition) is 6. The predicted molar refractivity (Wildman–Crippen MR) is 88.1 cm³/mol. The van der Waals surface area contributed by atoms with Crippen molar-refractivity contribution in [2.45, 2.75) is 24.5 Å². The van der Waals surface area contributed by atoms with Crippen LogP contribution in [0.3, 0.4) is 0 Å². The maximum absolute atomic E-state index is 12.5. The summed E-state index contributed by atoms with van der Waals surface area (Å²) < 4.78 is 35.5. The summed E-state index contributed by atoms with van der Waals surface area (Å²) in [5.74, 6) is 0.400. The fraction of sp³-hybridized carbons (Fsp3) is 0.562. The number of benzene rings is 1. The fourth-order valence-corrected chi connectivity index (χ4v) is 4.91. The molecular formula is C16H22N2O5S. The lowest BCUT2D eigenvalue weighted by Crippen LogP contribution is -2.58. The van der Waals surface area contributed by atoms with Gasteiger partial charge in [0.2, 0.25) is 10.0 Å². The summed E-state index contributed by atoms with van der Waals surface area (Å²) in [6.45, 7) is 1.24. The summed E-state index contributed by atoms with van der Waals surface area (Å²) in [5, 5.41) is 0. The highest BCUT2D eigenvalue weighted by atomic mass is 32.2. The quantitative estimate of drug-likeness (QED) is 0.715. The minimum absolute atomic E-state index is 0.152. The van der Waals surface area contributed by atoms with Gasteiger partial charge in [0, 0.05) is 25.7 Å². The van der Waals surface area contributed by atoms with Crippen molar-refractivity contribution < 1.29 is 22.7 Å². The van der Waals surface area contributed by atoms with E-state index in [1.54, 1.807) is 7.11 Å². The molecule has 7 nitrogen and oxygen atoms in total.